The van der Waals surface area contributed by atoms with Crippen LogP contribution in [-0.2, 0) is 0 Å². The minimum atomic E-state index is -0.784. The molecule has 2 N–H and O–H groups in total. The molecule has 1 heterocycles. The number of aliphatic hydroxyl groups is 1. The van der Waals surface area contributed by atoms with Crippen molar-refractivity contribution in [3.05, 3.63) is 53.7 Å². The van der Waals surface area contributed by atoms with Crippen molar-refractivity contribution >= 4 is 10.9 Å². The summed E-state index contributed by atoms with van der Waals surface area (Å²) in [4.78, 5) is 3.23. The van der Waals surface area contributed by atoms with Crippen LogP contribution in [0.25, 0.3) is 10.9 Å². The highest BCUT2D eigenvalue weighted by molar-refractivity contribution is 5.82. The van der Waals surface area contributed by atoms with Crippen LogP contribution in [0.1, 0.15) is 17.4 Å². The maximum absolute atomic E-state index is 10.6. The zero-order chi connectivity index (χ0) is 16.4. The van der Waals surface area contributed by atoms with E-state index in [1.54, 1.807) is 33.5 Å². The van der Waals surface area contributed by atoms with Gasteiger partial charge in [-0.25, -0.2) is 0 Å². The lowest BCUT2D eigenvalue weighted by atomic mass is 10.1. The van der Waals surface area contributed by atoms with E-state index in [0.29, 0.717) is 17.2 Å². The number of hydrogen-bond acceptors (Lipinski definition) is 4. The van der Waals surface area contributed by atoms with Gasteiger partial charge in [0, 0.05) is 16.6 Å². The van der Waals surface area contributed by atoms with E-state index in [1.807, 2.05) is 30.3 Å². The third kappa shape index (κ3) is 2.83. The highest BCUT2D eigenvalue weighted by Gasteiger charge is 2.16. The van der Waals surface area contributed by atoms with Gasteiger partial charge in [0.2, 0.25) is 0 Å². The van der Waals surface area contributed by atoms with Crippen molar-refractivity contribution < 1.29 is 19.3 Å². The summed E-state index contributed by atoms with van der Waals surface area (Å²) < 4.78 is 15.7. The van der Waals surface area contributed by atoms with Crippen LogP contribution < -0.4 is 14.2 Å². The monoisotopic (exact) mass is 313 g/mol. The SMILES string of the molecule is COc1ccc2[nH]c([C@H](O)c3ccc(OC)c(OC)c3)cc2c1. The molecule has 3 aromatic rings. The first kappa shape index (κ1) is 15.2. The molecule has 1 atom stereocenters. The molecule has 3 rings (SSSR count). The van der Waals surface area contributed by atoms with Gasteiger partial charge in [0.1, 0.15) is 11.9 Å². The summed E-state index contributed by atoms with van der Waals surface area (Å²) >= 11 is 0. The van der Waals surface area contributed by atoms with Gasteiger partial charge in [0.05, 0.1) is 21.3 Å². The Morgan fingerprint density at radius 2 is 1.65 bits per heavy atom. The van der Waals surface area contributed by atoms with Crippen LogP contribution in [0.15, 0.2) is 42.5 Å². The molecule has 5 nitrogen and oxygen atoms in total. The lowest BCUT2D eigenvalue weighted by Gasteiger charge is -2.13. The number of methoxy groups -OCH3 is 3. The fourth-order valence-corrected chi connectivity index (χ4v) is 2.61. The van der Waals surface area contributed by atoms with Gasteiger partial charge in [0.25, 0.3) is 0 Å². The predicted molar refractivity (Wildman–Crippen MR) is 88.5 cm³/mol. The molecule has 120 valence electrons. The fourth-order valence-electron chi connectivity index (χ4n) is 2.61. The number of hydrogen-bond donors (Lipinski definition) is 2. The molecular formula is C18H19NO4. The molecule has 0 aliphatic rings. The number of benzene rings is 2. The summed E-state index contributed by atoms with van der Waals surface area (Å²) in [6.45, 7) is 0. The molecule has 0 bridgehead atoms. The van der Waals surface area contributed by atoms with Crippen molar-refractivity contribution in [3.63, 3.8) is 0 Å². The molecule has 23 heavy (non-hydrogen) atoms. The average molecular weight is 313 g/mol. The number of ether oxygens (including phenoxy) is 3. The Morgan fingerprint density at radius 1 is 0.870 bits per heavy atom. The third-order valence-corrected chi connectivity index (χ3v) is 3.87. The Bertz CT molecular complexity index is 825. The van der Waals surface area contributed by atoms with Crippen LogP contribution in [0.5, 0.6) is 17.2 Å². The van der Waals surface area contributed by atoms with Gasteiger partial charge in [-0.05, 0) is 42.0 Å². The molecule has 2 aromatic carbocycles. The Morgan fingerprint density at radius 3 is 2.35 bits per heavy atom. The van der Waals surface area contributed by atoms with Gasteiger partial charge in [-0.2, -0.15) is 0 Å². The van der Waals surface area contributed by atoms with Gasteiger partial charge < -0.3 is 24.3 Å². The summed E-state index contributed by atoms with van der Waals surface area (Å²) in [6, 6.07) is 13.0. The van der Waals surface area contributed by atoms with Crippen molar-refractivity contribution in [2.24, 2.45) is 0 Å². The Balaban J connectivity index is 1.97. The average Bonchev–Trinajstić information content (AvgIpc) is 3.03. The van der Waals surface area contributed by atoms with Gasteiger partial charge in [-0.1, -0.05) is 6.07 Å². The van der Waals surface area contributed by atoms with E-state index in [0.717, 1.165) is 22.2 Å². The van der Waals surface area contributed by atoms with Gasteiger partial charge >= 0.3 is 0 Å². The zero-order valence-electron chi connectivity index (χ0n) is 13.3. The van der Waals surface area contributed by atoms with Crippen LogP contribution in [0, 0.1) is 0 Å². The van der Waals surface area contributed by atoms with Crippen LogP contribution >= 0.6 is 0 Å². The molecule has 0 spiro atoms. The normalized spacial score (nSPS) is 12.2. The van der Waals surface area contributed by atoms with E-state index in [2.05, 4.69) is 4.98 Å². The molecule has 0 amide bonds. The Hall–Kier alpha value is -2.66. The smallest absolute Gasteiger partial charge is 0.161 e. The van der Waals surface area contributed by atoms with Crippen LogP contribution in [0.4, 0.5) is 0 Å². The molecule has 0 aliphatic carbocycles. The van der Waals surface area contributed by atoms with Crippen molar-refractivity contribution in [1.82, 2.24) is 4.98 Å². The van der Waals surface area contributed by atoms with Gasteiger partial charge in [-0.3, -0.25) is 0 Å². The van der Waals surface area contributed by atoms with Crippen molar-refractivity contribution in [2.75, 3.05) is 21.3 Å². The Kier molecular flexibility index (Phi) is 4.12. The van der Waals surface area contributed by atoms with E-state index in [4.69, 9.17) is 14.2 Å². The van der Waals surface area contributed by atoms with E-state index >= 15 is 0 Å². The Labute approximate surface area is 134 Å². The molecule has 5 heteroatoms. The second kappa shape index (κ2) is 6.22. The first-order valence-corrected chi connectivity index (χ1v) is 7.23. The van der Waals surface area contributed by atoms with E-state index in [9.17, 15) is 5.11 Å². The topological polar surface area (TPSA) is 63.7 Å². The van der Waals surface area contributed by atoms with Crippen LogP contribution in [0.3, 0.4) is 0 Å². The molecular weight excluding hydrogens is 294 g/mol. The van der Waals surface area contributed by atoms with Gasteiger partial charge in [0.15, 0.2) is 11.5 Å². The van der Waals surface area contributed by atoms with Crippen LogP contribution in [-0.4, -0.2) is 31.4 Å². The fraction of sp³-hybridized carbons (Fsp3) is 0.222. The number of nitrogens with one attached hydrogen (secondary N) is 1. The lowest BCUT2D eigenvalue weighted by Crippen LogP contribution is -2.01. The number of fused-ring (bicyclic) bond motifs is 1. The molecule has 0 aliphatic heterocycles. The first-order chi connectivity index (χ1) is 11.2. The summed E-state index contributed by atoms with van der Waals surface area (Å²) in [5.41, 5.74) is 2.38. The zero-order valence-corrected chi connectivity index (χ0v) is 13.3. The maximum atomic E-state index is 10.6. The standard InChI is InChI=1S/C18H19NO4/c1-21-13-5-6-14-12(8-13)9-15(19-14)18(20)11-4-7-16(22-2)17(10-11)23-3/h4-10,18-20H,1-3H3/t18-/m1/s1. The minimum absolute atomic E-state index is 0.585. The minimum Gasteiger partial charge on any atom is -0.497 e. The summed E-state index contributed by atoms with van der Waals surface area (Å²) in [7, 11) is 4.79. The molecule has 0 unspecified atom stereocenters. The third-order valence-electron chi connectivity index (χ3n) is 3.87. The molecule has 0 fully saturated rings. The number of H-pyrrole nitrogens is 1. The second-order valence-corrected chi connectivity index (χ2v) is 5.19. The highest BCUT2D eigenvalue weighted by Crippen LogP contribution is 2.33. The summed E-state index contributed by atoms with van der Waals surface area (Å²) in [5, 5.41) is 11.6. The van der Waals surface area contributed by atoms with Crippen molar-refractivity contribution in [1.29, 1.82) is 0 Å². The number of aromatic nitrogens is 1. The first-order valence-electron chi connectivity index (χ1n) is 7.23. The maximum Gasteiger partial charge on any atom is 0.161 e. The number of aromatic amines is 1. The quantitative estimate of drug-likeness (QED) is 0.759. The summed E-state index contributed by atoms with van der Waals surface area (Å²) in [5.74, 6) is 2.00. The largest absolute Gasteiger partial charge is 0.497 e. The number of rotatable bonds is 5. The summed E-state index contributed by atoms with van der Waals surface area (Å²) in [6.07, 6.45) is -0.784. The predicted octanol–water partition coefficient (Wildman–Crippen LogP) is 3.28. The van der Waals surface area contributed by atoms with Crippen molar-refractivity contribution in [2.45, 2.75) is 6.10 Å². The number of aliphatic hydroxyl groups excluding tert-OH is 1. The molecule has 0 saturated carbocycles. The van der Waals surface area contributed by atoms with Gasteiger partial charge in [-0.15, -0.1) is 0 Å². The van der Waals surface area contributed by atoms with E-state index in [1.165, 1.54) is 0 Å². The van der Waals surface area contributed by atoms with E-state index < -0.39 is 6.10 Å². The second-order valence-electron chi connectivity index (χ2n) is 5.19. The highest BCUT2D eigenvalue weighted by atomic mass is 16.5. The lowest BCUT2D eigenvalue weighted by molar-refractivity contribution is 0.215. The molecule has 0 saturated heterocycles. The van der Waals surface area contributed by atoms with E-state index in [-0.39, 0.29) is 0 Å². The molecule has 0 radical (unpaired) electrons. The van der Waals surface area contributed by atoms with Crippen molar-refractivity contribution in [3.8, 4) is 17.2 Å². The van der Waals surface area contributed by atoms with Crippen LogP contribution in [0.2, 0.25) is 0 Å². The molecule has 1 aromatic heterocycles.